The van der Waals surface area contributed by atoms with Gasteiger partial charge in [-0.3, -0.25) is 19.1 Å². The number of methoxy groups -OCH3 is 2. The van der Waals surface area contributed by atoms with Crippen LogP contribution in [0.4, 0.5) is 0 Å². The Bertz CT molecular complexity index is 1260. The maximum Gasteiger partial charge on any atom is 0.261 e. The number of morpholine rings is 1. The van der Waals surface area contributed by atoms with Gasteiger partial charge in [-0.05, 0) is 30.5 Å². The highest BCUT2D eigenvalue weighted by Gasteiger charge is 2.17. The van der Waals surface area contributed by atoms with Crippen LogP contribution in [-0.4, -0.2) is 60.4 Å². The van der Waals surface area contributed by atoms with Crippen LogP contribution in [0.3, 0.4) is 0 Å². The number of hydrogen-bond donors (Lipinski definition) is 1. The predicted octanol–water partition coefficient (Wildman–Crippen LogP) is 2.73. The zero-order valence-corrected chi connectivity index (χ0v) is 21.2. The molecule has 1 saturated heterocycles. The zero-order valence-electron chi connectivity index (χ0n) is 21.2. The monoisotopic (exact) mass is 494 g/mol. The Morgan fingerprint density at radius 1 is 1.17 bits per heavy atom. The fourth-order valence-corrected chi connectivity index (χ4v) is 4.47. The van der Waals surface area contributed by atoms with Crippen LogP contribution in [0, 0.1) is 0 Å². The molecule has 9 nitrogen and oxygen atoms in total. The van der Waals surface area contributed by atoms with Crippen LogP contribution in [0.2, 0.25) is 0 Å². The molecule has 0 spiro atoms. The molecule has 2 heterocycles. The highest BCUT2D eigenvalue weighted by Crippen LogP contribution is 2.29. The highest BCUT2D eigenvalue weighted by atomic mass is 16.5. The van der Waals surface area contributed by atoms with E-state index in [1.54, 1.807) is 19.2 Å². The van der Waals surface area contributed by atoms with Gasteiger partial charge in [-0.15, -0.1) is 0 Å². The summed E-state index contributed by atoms with van der Waals surface area (Å²) in [5.74, 6) is 0.952. The second-order valence-electron chi connectivity index (χ2n) is 9.08. The van der Waals surface area contributed by atoms with Gasteiger partial charge < -0.3 is 19.5 Å². The van der Waals surface area contributed by atoms with Gasteiger partial charge in [0.1, 0.15) is 0 Å². The maximum atomic E-state index is 12.9. The summed E-state index contributed by atoms with van der Waals surface area (Å²) in [6, 6.07) is 11.6. The summed E-state index contributed by atoms with van der Waals surface area (Å²) in [5.41, 5.74) is 2.67. The third kappa shape index (κ3) is 6.41. The number of ether oxygens (including phenoxy) is 3. The first-order valence-electron chi connectivity index (χ1n) is 12.3. The lowest BCUT2D eigenvalue weighted by Crippen LogP contribution is -2.40. The van der Waals surface area contributed by atoms with Crippen LogP contribution < -0.4 is 20.3 Å². The van der Waals surface area contributed by atoms with Gasteiger partial charge in [0.15, 0.2) is 11.5 Å². The summed E-state index contributed by atoms with van der Waals surface area (Å²) in [4.78, 5) is 32.1. The summed E-state index contributed by atoms with van der Waals surface area (Å²) in [6.45, 7) is 6.48. The van der Waals surface area contributed by atoms with Crippen LogP contribution in [0.1, 0.15) is 30.9 Å². The van der Waals surface area contributed by atoms with Crippen molar-refractivity contribution in [2.75, 3.05) is 33.9 Å². The van der Waals surface area contributed by atoms with Gasteiger partial charge >= 0.3 is 0 Å². The molecule has 1 aliphatic heterocycles. The van der Waals surface area contributed by atoms with Crippen molar-refractivity contribution in [1.29, 1.82) is 0 Å². The number of carbonyl (C=O) groups excluding carboxylic acids is 1. The molecular weight excluding hydrogens is 460 g/mol. The summed E-state index contributed by atoms with van der Waals surface area (Å²) >= 11 is 0. The van der Waals surface area contributed by atoms with E-state index in [0.29, 0.717) is 48.3 Å². The molecule has 1 unspecified atom stereocenters. The Morgan fingerprint density at radius 2 is 1.94 bits per heavy atom. The number of aryl methyl sites for hydroxylation is 1. The fourth-order valence-electron chi connectivity index (χ4n) is 4.47. The molecule has 0 radical (unpaired) electrons. The third-order valence-corrected chi connectivity index (χ3v) is 6.34. The van der Waals surface area contributed by atoms with E-state index in [1.807, 2.05) is 12.1 Å². The van der Waals surface area contributed by atoms with Gasteiger partial charge in [-0.2, -0.15) is 0 Å². The minimum absolute atomic E-state index is 0.0457. The largest absolute Gasteiger partial charge is 0.493 e. The van der Waals surface area contributed by atoms with Crippen molar-refractivity contribution in [2.45, 2.75) is 45.5 Å². The van der Waals surface area contributed by atoms with E-state index in [-0.39, 0.29) is 17.6 Å². The molecule has 4 rings (SSSR count). The molecule has 0 saturated carbocycles. The summed E-state index contributed by atoms with van der Waals surface area (Å²) in [6.07, 6.45) is 2.62. The van der Waals surface area contributed by atoms with E-state index in [4.69, 9.17) is 14.2 Å². The molecular formula is C27H34N4O5. The first-order chi connectivity index (χ1) is 17.5. The Morgan fingerprint density at radius 3 is 2.72 bits per heavy atom. The molecule has 1 aliphatic rings. The molecule has 1 N–H and O–H groups in total. The van der Waals surface area contributed by atoms with Crippen molar-refractivity contribution in [3.8, 4) is 11.5 Å². The van der Waals surface area contributed by atoms with Crippen LogP contribution in [0.25, 0.3) is 10.9 Å². The van der Waals surface area contributed by atoms with Crippen LogP contribution in [0.5, 0.6) is 11.5 Å². The van der Waals surface area contributed by atoms with Gasteiger partial charge in [0, 0.05) is 45.2 Å². The van der Waals surface area contributed by atoms with E-state index in [0.717, 1.165) is 31.8 Å². The lowest BCUT2D eigenvalue weighted by Gasteiger charge is -2.31. The minimum atomic E-state index is -0.173. The number of benzene rings is 2. The number of aromatic nitrogens is 2. The van der Waals surface area contributed by atoms with E-state index in [2.05, 4.69) is 34.3 Å². The standard InChI is InChI=1S/C27H34N4O5/c1-19-16-30(10-11-36-19)17-21-7-4-6-20(12-21)15-28-26(32)8-5-9-31-18-29-23-14-25(35-3)24(34-2)13-22(23)27(31)33/h4,6-7,12-14,18-19H,5,8-11,15-17H2,1-3H3,(H,28,32). The van der Waals surface area contributed by atoms with Crippen LogP contribution in [0.15, 0.2) is 47.5 Å². The molecule has 1 atom stereocenters. The predicted molar refractivity (Wildman–Crippen MR) is 137 cm³/mol. The van der Waals surface area contributed by atoms with Gasteiger partial charge in [0.25, 0.3) is 5.56 Å². The third-order valence-electron chi connectivity index (χ3n) is 6.34. The average Bonchev–Trinajstić information content (AvgIpc) is 2.88. The quantitative estimate of drug-likeness (QED) is 0.463. The summed E-state index contributed by atoms with van der Waals surface area (Å²) in [5, 5.41) is 3.44. The highest BCUT2D eigenvalue weighted by molar-refractivity contribution is 5.81. The molecule has 0 aliphatic carbocycles. The van der Waals surface area contributed by atoms with Crippen molar-refractivity contribution in [3.63, 3.8) is 0 Å². The second kappa shape index (κ2) is 12.0. The molecule has 1 aromatic heterocycles. The van der Waals surface area contributed by atoms with Gasteiger partial charge in [-0.1, -0.05) is 24.3 Å². The average molecular weight is 495 g/mol. The molecule has 2 aromatic carbocycles. The normalized spacial score (nSPS) is 16.1. The van der Waals surface area contributed by atoms with Crippen LogP contribution >= 0.6 is 0 Å². The fraction of sp³-hybridized carbons (Fsp3) is 0.444. The van der Waals surface area contributed by atoms with Crippen molar-refractivity contribution < 1.29 is 19.0 Å². The van der Waals surface area contributed by atoms with Gasteiger partial charge in [0.05, 0.1) is 44.2 Å². The number of rotatable bonds is 10. The Labute approximate surface area is 211 Å². The lowest BCUT2D eigenvalue weighted by atomic mass is 10.1. The Kier molecular flexibility index (Phi) is 8.56. The van der Waals surface area contributed by atoms with Gasteiger partial charge in [-0.25, -0.2) is 4.98 Å². The Balaban J connectivity index is 1.28. The number of hydrogen-bond acceptors (Lipinski definition) is 7. The number of fused-ring (bicyclic) bond motifs is 1. The second-order valence-corrected chi connectivity index (χ2v) is 9.08. The maximum absolute atomic E-state index is 12.9. The molecule has 192 valence electrons. The number of amides is 1. The molecule has 36 heavy (non-hydrogen) atoms. The lowest BCUT2D eigenvalue weighted by molar-refractivity contribution is -0.121. The number of carbonyl (C=O) groups is 1. The van der Waals surface area contributed by atoms with E-state index in [1.165, 1.54) is 23.6 Å². The van der Waals surface area contributed by atoms with E-state index < -0.39 is 0 Å². The van der Waals surface area contributed by atoms with Gasteiger partial charge in [0.2, 0.25) is 5.91 Å². The SMILES string of the molecule is COc1cc2ncn(CCCC(=O)NCc3cccc(CN4CCOC(C)C4)c3)c(=O)c2cc1OC. The van der Waals surface area contributed by atoms with Crippen molar-refractivity contribution in [1.82, 2.24) is 19.8 Å². The van der Waals surface area contributed by atoms with E-state index >= 15 is 0 Å². The number of nitrogens with zero attached hydrogens (tertiary/aromatic N) is 3. The number of nitrogens with one attached hydrogen (secondary N) is 1. The van der Waals surface area contributed by atoms with Crippen LogP contribution in [-0.2, 0) is 29.2 Å². The van der Waals surface area contributed by atoms with Crippen molar-refractivity contribution in [3.05, 3.63) is 64.2 Å². The van der Waals surface area contributed by atoms with E-state index in [9.17, 15) is 9.59 Å². The molecule has 3 aromatic rings. The summed E-state index contributed by atoms with van der Waals surface area (Å²) < 4.78 is 17.7. The smallest absolute Gasteiger partial charge is 0.261 e. The molecule has 9 heteroatoms. The topological polar surface area (TPSA) is 94.9 Å². The first-order valence-corrected chi connectivity index (χ1v) is 12.3. The summed E-state index contributed by atoms with van der Waals surface area (Å²) in [7, 11) is 3.07. The Hall–Kier alpha value is -3.43. The first kappa shape index (κ1) is 25.7. The zero-order chi connectivity index (χ0) is 25.5. The van der Waals surface area contributed by atoms with Crippen molar-refractivity contribution in [2.24, 2.45) is 0 Å². The minimum Gasteiger partial charge on any atom is -0.493 e. The molecule has 0 bridgehead atoms. The molecule has 1 amide bonds. The van der Waals surface area contributed by atoms with Crippen molar-refractivity contribution >= 4 is 16.8 Å². The molecule has 1 fully saturated rings.